The SMILES string of the molecule is CC(c1cc(F)c(F)cc1F)[C@@H](CC(=O)O)c1ccccc1CN. The Balaban J connectivity index is 2.52. The van der Waals surface area contributed by atoms with Gasteiger partial charge in [0, 0.05) is 18.5 Å². The van der Waals surface area contributed by atoms with Crippen LogP contribution in [0, 0.1) is 17.5 Å². The van der Waals surface area contributed by atoms with Gasteiger partial charge in [0.05, 0.1) is 6.42 Å². The van der Waals surface area contributed by atoms with Crippen molar-refractivity contribution in [2.75, 3.05) is 0 Å². The molecule has 2 aromatic rings. The molecule has 2 rings (SSSR count). The predicted molar refractivity (Wildman–Crippen MR) is 84.1 cm³/mol. The topological polar surface area (TPSA) is 63.3 Å². The Kier molecular flexibility index (Phi) is 5.62. The van der Waals surface area contributed by atoms with Crippen molar-refractivity contribution in [3.63, 3.8) is 0 Å². The van der Waals surface area contributed by atoms with E-state index in [2.05, 4.69) is 0 Å². The second-order valence-corrected chi connectivity index (χ2v) is 5.68. The molecular weight excluding hydrogens is 319 g/mol. The molecule has 2 atom stereocenters. The summed E-state index contributed by atoms with van der Waals surface area (Å²) >= 11 is 0. The van der Waals surface area contributed by atoms with Crippen LogP contribution in [0.3, 0.4) is 0 Å². The number of carboxylic acids is 1. The third kappa shape index (κ3) is 3.76. The van der Waals surface area contributed by atoms with E-state index < -0.39 is 35.3 Å². The van der Waals surface area contributed by atoms with Crippen LogP contribution in [0.25, 0.3) is 0 Å². The first-order chi connectivity index (χ1) is 11.3. The van der Waals surface area contributed by atoms with Crippen molar-refractivity contribution < 1.29 is 23.1 Å². The van der Waals surface area contributed by atoms with Gasteiger partial charge in [0.2, 0.25) is 0 Å². The Labute approximate surface area is 137 Å². The van der Waals surface area contributed by atoms with E-state index in [0.29, 0.717) is 11.6 Å². The largest absolute Gasteiger partial charge is 0.481 e. The molecule has 0 aliphatic carbocycles. The molecule has 0 saturated carbocycles. The molecule has 0 amide bonds. The molecule has 0 aromatic heterocycles. The van der Waals surface area contributed by atoms with Crippen LogP contribution in [0.2, 0.25) is 0 Å². The lowest BCUT2D eigenvalue weighted by Crippen LogP contribution is -2.17. The number of benzene rings is 2. The first-order valence-corrected chi connectivity index (χ1v) is 7.49. The number of rotatable bonds is 6. The molecule has 3 nitrogen and oxygen atoms in total. The molecule has 6 heteroatoms. The van der Waals surface area contributed by atoms with E-state index in [9.17, 15) is 23.1 Å². The third-order valence-corrected chi connectivity index (χ3v) is 4.20. The van der Waals surface area contributed by atoms with Crippen LogP contribution in [0.15, 0.2) is 36.4 Å². The molecule has 0 fully saturated rings. The molecule has 0 heterocycles. The van der Waals surface area contributed by atoms with Crippen molar-refractivity contribution in [1.82, 2.24) is 0 Å². The van der Waals surface area contributed by atoms with E-state index in [4.69, 9.17) is 5.73 Å². The molecule has 0 spiro atoms. The van der Waals surface area contributed by atoms with Crippen molar-refractivity contribution in [3.05, 3.63) is 70.5 Å². The molecule has 2 aromatic carbocycles. The summed E-state index contributed by atoms with van der Waals surface area (Å²) < 4.78 is 40.8. The average Bonchev–Trinajstić information content (AvgIpc) is 2.55. The van der Waals surface area contributed by atoms with E-state index in [1.54, 1.807) is 31.2 Å². The Morgan fingerprint density at radius 3 is 2.33 bits per heavy atom. The minimum atomic E-state index is -1.28. The van der Waals surface area contributed by atoms with Crippen LogP contribution in [0.5, 0.6) is 0 Å². The molecule has 0 aliphatic rings. The number of nitrogens with two attached hydrogens (primary N) is 1. The van der Waals surface area contributed by atoms with E-state index >= 15 is 0 Å². The first kappa shape index (κ1) is 18.0. The summed E-state index contributed by atoms with van der Waals surface area (Å²) in [5.74, 6) is -5.71. The second-order valence-electron chi connectivity index (χ2n) is 5.68. The Morgan fingerprint density at radius 1 is 1.08 bits per heavy atom. The first-order valence-electron chi connectivity index (χ1n) is 7.49. The van der Waals surface area contributed by atoms with Gasteiger partial charge < -0.3 is 10.8 Å². The number of hydrogen-bond donors (Lipinski definition) is 2. The standard InChI is InChI=1S/C18H18F3NO2/c1-10(14-6-16(20)17(21)8-15(14)19)13(7-18(23)24)12-5-3-2-4-11(12)9-22/h2-6,8,10,13H,7,9,22H2,1H3,(H,23,24)/t10?,13-/m1/s1. The van der Waals surface area contributed by atoms with Gasteiger partial charge in [0.1, 0.15) is 5.82 Å². The van der Waals surface area contributed by atoms with E-state index in [0.717, 1.165) is 11.6 Å². The van der Waals surface area contributed by atoms with Crippen LogP contribution in [0.4, 0.5) is 13.2 Å². The van der Waals surface area contributed by atoms with Crippen molar-refractivity contribution in [2.24, 2.45) is 5.73 Å². The minimum Gasteiger partial charge on any atom is -0.481 e. The van der Waals surface area contributed by atoms with Crippen LogP contribution >= 0.6 is 0 Å². The van der Waals surface area contributed by atoms with E-state index in [-0.39, 0.29) is 18.5 Å². The molecule has 0 aliphatic heterocycles. The summed E-state index contributed by atoms with van der Waals surface area (Å²) in [6, 6.07) is 8.26. The van der Waals surface area contributed by atoms with Crippen LogP contribution in [-0.2, 0) is 11.3 Å². The fraction of sp³-hybridized carbons (Fsp3) is 0.278. The summed E-state index contributed by atoms with van der Waals surface area (Å²) in [5.41, 5.74) is 7.04. The van der Waals surface area contributed by atoms with Crippen molar-refractivity contribution in [1.29, 1.82) is 0 Å². The number of aliphatic carboxylic acids is 1. The molecule has 24 heavy (non-hydrogen) atoms. The summed E-state index contributed by atoms with van der Waals surface area (Å²) in [4.78, 5) is 11.3. The zero-order chi connectivity index (χ0) is 17.9. The molecule has 128 valence electrons. The predicted octanol–water partition coefficient (Wildman–Crippen LogP) is 3.92. The highest BCUT2D eigenvalue weighted by molar-refractivity contribution is 5.68. The maximum absolute atomic E-state index is 14.1. The molecule has 1 unspecified atom stereocenters. The molecule has 0 saturated heterocycles. The maximum atomic E-state index is 14.1. The minimum absolute atomic E-state index is 0.0630. The summed E-state index contributed by atoms with van der Waals surface area (Å²) in [6.45, 7) is 1.79. The average molecular weight is 337 g/mol. The van der Waals surface area contributed by atoms with Crippen LogP contribution in [0.1, 0.15) is 41.9 Å². The lowest BCUT2D eigenvalue weighted by Gasteiger charge is -2.26. The number of carboxylic acid groups (broad SMARTS) is 1. The highest BCUT2D eigenvalue weighted by Crippen LogP contribution is 2.38. The van der Waals surface area contributed by atoms with Gasteiger partial charge in [0.25, 0.3) is 0 Å². The van der Waals surface area contributed by atoms with Gasteiger partial charge in [-0.05, 0) is 28.7 Å². The van der Waals surface area contributed by atoms with Gasteiger partial charge >= 0.3 is 5.97 Å². The Hall–Kier alpha value is -2.34. The number of halogens is 3. The van der Waals surface area contributed by atoms with Gasteiger partial charge in [-0.25, -0.2) is 13.2 Å². The third-order valence-electron chi connectivity index (χ3n) is 4.20. The highest BCUT2D eigenvalue weighted by atomic mass is 19.2. The summed E-state index contributed by atoms with van der Waals surface area (Å²) in [7, 11) is 0. The second kappa shape index (κ2) is 7.49. The lowest BCUT2D eigenvalue weighted by molar-refractivity contribution is -0.137. The number of hydrogen-bond acceptors (Lipinski definition) is 2. The van der Waals surface area contributed by atoms with Crippen molar-refractivity contribution in [3.8, 4) is 0 Å². The van der Waals surface area contributed by atoms with E-state index in [1.807, 2.05) is 0 Å². The van der Waals surface area contributed by atoms with Gasteiger partial charge in [-0.3, -0.25) is 4.79 Å². The molecule has 0 radical (unpaired) electrons. The van der Waals surface area contributed by atoms with Gasteiger partial charge in [-0.1, -0.05) is 31.2 Å². The quantitative estimate of drug-likeness (QED) is 0.785. The van der Waals surface area contributed by atoms with Gasteiger partial charge in [-0.15, -0.1) is 0 Å². The zero-order valence-electron chi connectivity index (χ0n) is 13.1. The van der Waals surface area contributed by atoms with Gasteiger partial charge in [0.15, 0.2) is 11.6 Å². The Morgan fingerprint density at radius 2 is 1.71 bits per heavy atom. The molecule has 0 bridgehead atoms. The summed E-state index contributed by atoms with van der Waals surface area (Å²) in [6.07, 6.45) is -0.281. The maximum Gasteiger partial charge on any atom is 0.303 e. The normalized spacial score (nSPS) is 13.5. The molecular formula is C18H18F3NO2. The van der Waals surface area contributed by atoms with Crippen molar-refractivity contribution >= 4 is 5.97 Å². The zero-order valence-corrected chi connectivity index (χ0v) is 13.1. The summed E-state index contributed by atoms with van der Waals surface area (Å²) in [5, 5.41) is 9.21. The molecule has 3 N–H and O–H groups in total. The fourth-order valence-electron chi connectivity index (χ4n) is 2.93. The van der Waals surface area contributed by atoms with Crippen molar-refractivity contribution in [2.45, 2.75) is 31.7 Å². The smallest absolute Gasteiger partial charge is 0.303 e. The van der Waals surface area contributed by atoms with Gasteiger partial charge in [-0.2, -0.15) is 0 Å². The Bertz CT molecular complexity index is 749. The highest BCUT2D eigenvalue weighted by Gasteiger charge is 2.28. The lowest BCUT2D eigenvalue weighted by atomic mass is 9.78. The fourth-order valence-corrected chi connectivity index (χ4v) is 2.93. The monoisotopic (exact) mass is 337 g/mol. The van der Waals surface area contributed by atoms with E-state index in [1.165, 1.54) is 0 Å². The number of carbonyl (C=O) groups is 1. The van der Waals surface area contributed by atoms with Crippen LogP contribution < -0.4 is 5.73 Å². The van der Waals surface area contributed by atoms with Crippen LogP contribution in [-0.4, -0.2) is 11.1 Å².